The monoisotopic (exact) mass is 242 g/mol. The van der Waals surface area contributed by atoms with Gasteiger partial charge in [0, 0.05) is 19.3 Å². The number of Topliss-reactive ketones (excluding diaryl/α,β-unsaturated/α-hetero) is 1. The van der Waals surface area contributed by atoms with E-state index in [1.54, 1.807) is 6.92 Å². The normalized spacial score (nSPS) is 34.4. The maximum Gasteiger partial charge on any atom is 0.309 e. The Hall–Kier alpha value is -1.20. The van der Waals surface area contributed by atoms with E-state index < -0.39 is 24.3 Å². The lowest BCUT2D eigenvalue weighted by Gasteiger charge is -2.18. The topological polar surface area (TPSA) is 83.8 Å². The summed E-state index contributed by atoms with van der Waals surface area (Å²) in [5.74, 6) is -0.603. The number of cyclic esters (lactones) is 1. The van der Waals surface area contributed by atoms with E-state index in [2.05, 4.69) is 0 Å². The predicted molar refractivity (Wildman–Crippen MR) is 60.2 cm³/mol. The van der Waals surface area contributed by atoms with Crippen molar-refractivity contribution in [3.63, 3.8) is 0 Å². The Bertz CT molecular complexity index is 310. The van der Waals surface area contributed by atoms with Crippen molar-refractivity contribution in [2.75, 3.05) is 0 Å². The van der Waals surface area contributed by atoms with Crippen molar-refractivity contribution < 1.29 is 24.5 Å². The van der Waals surface area contributed by atoms with Crippen molar-refractivity contribution in [2.24, 2.45) is 0 Å². The molecule has 5 nitrogen and oxygen atoms in total. The first-order valence-corrected chi connectivity index (χ1v) is 5.71. The molecule has 1 unspecified atom stereocenters. The van der Waals surface area contributed by atoms with Crippen LogP contribution in [0.15, 0.2) is 12.2 Å². The number of ether oxygens (including phenoxy) is 1. The van der Waals surface area contributed by atoms with Gasteiger partial charge in [-0.05, 0) is 6.92 Å². The largest absolute Gasteiger partial charge is 0.462 e. The molecule has 1 rings (SSSR count). The quantitative estimate of drug-likeness (QED) is 0.472. The molecule has 0 amide bonds. The maximum atomic E-state index is 11.4. The van der Waals surface area contributed by atoms with Gasteiger partial charge in [-0.3, -0.25) is 9.59 Å². The van der Waals surface area contributed by atoms with Gasteiger partial charge in [-0.2, -0.15) is 0 Å². The summed E-state index contributed by atoms with van der Waals surface area (Å²) in [7, 11) is 0. The molecule has 0 bridgehead atoms. The van der Waals surface area contributed by atoms with Crippen molar-refractivity contribution in [1.82, 2.24) is 0 Å². The van der Waals surface area contributed by atoms with E-state index in [4.69, 9.17) is 4.74 Å². The fraction of sp³-hybridized carbons (Fsp3) is 0.667. The second-order valence-electron chi connectivity index (χ2n) is 4.34. The standard InChI is InChI=1S/C12H18O5/c1-8-5-11(15)6-9(13)3-2-4-10(14)7-12(16)17-8/h2,4,8,10-11,14-15H,3,5-7H2,1H3/b4-2-/t8-,10?,11+/m1/s1. The predicted octanol–water partition coefficient (Wildman–Crippen LogP) is 0.339. The van der Waals surface area contributed by atoms with E-state index in [1.165, 1.54) is 12.2 Å². The van der Waals surface area contributed by atoms with Crippen molar-refractivity contribution >= 4 is 11.8 Å². The number of allylic oxidation sites excluding steroid dienone is 1. The third-order valence-corrected chi connectivity index (χ3v) is 2.48. The summed E-state index contributed by atoms with van der Waals surface area (Å²) in [6.07, 6.45) is 1.05. The van der Waals surface area contributed by atoms with Gasteiger partial charge in [0.05, 0.1) is 18.6 Å². The van der Waals surface area contributed by atoms with E-state index in [-0.39, 0.29) is 31.5 Å². The molecule has 0 aliphatic carbocycles. The molecule has 0 aromatic rings. The summed E-state index contributed by atoms with van der Waals surface area (Å²) in [5, 5.41) is 19.0. The SMILES string of the molecule is C[C@@H]1C[C@H](O)CC(=O)C/C=C\C(O)CC(=O)O1. The second-order valence-corrected chi connectivity index (χ2v) is 4.34. The Balaban J connectivity index is 2.67. The molecule has 17 heavy (non-hydrogen) atoms. The number of hydrogen-bond donors (Lipinski definition) is 2. The van der Waals surface area contributed by atoms with Gasteiger partial charge in [-0.1, -0.05) is 12.2 Å². The molecule has 1 aliphatic rings. The highest BCUT2D eigenvalue weighted by Crippen LogP contribution is 2.11. The number of hydrogen-bond acceptors (Lipinski definition) is 5. The molecule has 3 atom stereocenters. The molecule has 1 aliphatic heterocycles. The molecular formula is C12H18O5. The zero-order valence-electron chi connectivity index (χ0n) is 9.83. The fourth-order valence-corrected chi connectivity index (χ4v) is 1.73. The van der Waals surface area contributed by atoms with Crippen LogP contribution < -0.4 is 0 Å². The zero-order valence-corrected chi connectivity index (χ0v) is 9.83. The summed E-state index contributed by atoms with van der Waals surface area (Å²) in [5.41, 5.74) is 0. The van der Waals surface area contributed by atoms with Crippen LogP contribution in [-0.4, -0.2) is 40.3 Å². The van der Waals surface area contributed by atoms with Gasteiger partial charge >= 0.3 is 5.97 Å². The Morgan fingerprint density at radius 2 is 2.00 bits per heavy atom. The zero-order chi connectivity index (χ0) is 12.8. The van der Waals surface area contributed by atoms with Crippen molar-refractivity contribution in [2.45, 2.75) is 50.9 Å². The van der Waals surface area contributed by atoms with Crippen molar-refractivity contribution in [3.05, 3.63) is 12.2 Å². The molecule has 2 N–H and O–H groups in total. The van der Waals surface area contributed by atoms with E-state index in [0.29, 0.717) is 0 Å². The minimum absolute atomic E-state index is 0.0440. The van der Waals surface area contributed by atoms with Gasteiger partial charge in [-0.25, -0.2) is 0 Å². The van der Waals surface area contributed by atoms with Gasteiger partial charge in [-0.15, -0.1) is 0 Å². The summed E-state index contributed by atoms with van der Waals surface area (Å²) in [4.78, 5) is 22.7. The first-order chi connectivity index (χ1) is 7.97. The Kier molecular flexibility index (Phi) is 5.31. The minimum atomic E-state index is -0.924. The fourth-order valence-electron chi connectivity index (χ4n) is 1.73. The highest BCUT2D eigenvalue weighted by atomic mass is 16.5. The molecule has 0 aromatic heterocycles. The highest BCUT2D eigenvalue weighted by Gasteiger charge is 2.19. The lowest BCUT2D eigenvalue weighted by molar-refractivity contribution is -0.151. The van der Waals surface area contributed by atoms with E-state index in [0.717, 1.165) is 0 Å². The van der Waals surface area contributed by atoms with Gasteiger partial charge in [0.2, 0.25) is 0 Å². The lowest BCUT2D eigenvalue weighted by atomic mass is 10.0. The molecule has 96 valence electrons. The molecule has 0 saturated carbocycles. The van der Waals surface area contributed by atoms with Gasteiger partial charge < -0.3 is 14.9 Å². The second kappa shape index (κ2) is 6.51. The van der Waals surface area contributed by atoms with Crippen LogP contribution in [0.4, 0.5) is 0 Å². The minimum Gasteiger partial charge on any atom is -0.462 e. The van der Waals surface area contributed by atoms with Crippen molar-refractivity contribution in [1.29, 1.82) is 0 Å². The number of carbonyl (C=O) groups is 2. The van der Waals surface area contributed by atoms with Crippen molar-refractivity contribution in [3.8, 4) is 0 Å². The van der Waals surface area contributed by atoms with Crippen LogP contribution in [0.2, 0.25) is 0 Å². The number of carbonyl (C=O) groups excluding carboxylic acids is 2. The van der Waals surface area contributed by atoms with Gasteiger partial charge in [0.25, 0.3) is 0 Å². The van der Waals surface area contributed by atoms with Crippen LogP contribution in [-0.2, 0) is 14.3 Å². The van der Waals surface area contributed by atoms with E-state index in [9.17, 15) is 19.8 Å². The molecule has 0 spiro atoms. The van der Waals surface area contributed by atoms with E-state index in [1.807, 2.05) is 0 Å². The molecule has 0 radical (unpaired) electrons. The Morgan fingerprint density at radius 3 is 2.71 bits per heavy atom. The number of rotatable bonds is 0. The number of esters is 1. The summed E-state index contributed by atoms with van der Waals surface area (Å²) in [6.45, 7) is 1.65. The molecule has 5 heteroatoms. The molecule has 0 saturated heterocycles. The summed E-state index contributed by atoms with van der Waals surface area (Å²) >= 11 is 0. The number of ketones is 1. The number of aliphatic hydroxyl groups excluding tert-OH is 2. The number of aliphatic hydroxyl groups is 2. The van der Waals surface area contributed by atoms with Gasteiger partial charge in [0.1, 0.15) is 11.9 Å². The molecule has 0 aromatic carbocycles. The lowest BCUT2D eigenvalue weighted by Crippen LogP contribution is -2.25. The van der Waals surface area contributed by atoms with Crippen LogP contribution in [0, 0.1) is 0 Å². The van der Waals surface area contributed by atoms with Crippen LogP contribution in [0.25, 0.3) is 0 Å². The molecule has 1 heterocycles. The Morgan fingerprint density at radius 1 is 1.29 bits per heavy atom. The smallest absolute Gasteiger partial charge is 0.309 e. The summed E-state index contributed by atoms with van der Waals surface area (Å²) in [6, 6.07) is 0. The highest BCUT2D eigenvalue weighted by molar-refractivity contribution is 5.80. The third-order valence-electron chi connectivity index (χ3n) is 2.48. The van der Waals surface area contributed by atoms with Gasteiger partial charge in [0.15, 0.2) is 0 Å². The van der Waals surface area contributed by atoms with E-state index >= 15 is 0 Å². The first kappa shape index (κ1) is 13.9. The van der Waals surface area contributed by atoms with Crippen LogP contribution >= 0.6 is 0 Å². The average Bonchev–Trinajstić information content (AvgIpc) is 2.14. The molecule has 0 fully saturated rings. The first-order valence-electron chi connectivity index (χ1n) is 5.71. The van der Waals surface area contributed by atoms with Crippen LogP contribution in [0.3, 0.4) is 0 Å². The third kappa shape index (κ3) is 5.60. The van der Waals surface area contributed by atoms with Crippen LogP contribution in [0.5, 0.6) is 0 Å². The Labute approximate surface area is 100 Å². The van der Waals surface area contributed by atoms with Crippen LogP contribution in [0.1, 0.15) is 32.6 Å². The summed E-state index contributed by atoms with van der Waals surface area (Å²) < 4.78 is 5.00. The maximum absolute atomic E-state index is 11.4. The average molecular weight is 242 g/mol. The molecular weight excluding hydrogens is 224 g/mol.